The smallest absolute Gasteiger partial charge is 0.211 e. The Kier molecular flexibility index (Phi) is 5.28. The normalized spacial score (nSPS) is 14.1. The largest absolute Gasteiger partial charge is 0.362 e. The van der Waals surface area contributed by atoms with Crippen molar-refractivity contribution in [3.8, 4) is 0 Å². The Morgan fingerprint density at radius 1 is 1.19 bits per heavy atom. The van der Waals surface area contributed by atoms with Crippen LogP contribution in [0.3, 0.4) is 0 Å². The fourth-order valence-electron chi connectivity index (χ4n) is 2.57. The summed E-state index contributed by atoms with van der Waals surface area (Å²) in [7, 11) is 0. The molecule has 0 aliphatic carbocycles. The molecule has 2 rings (SSSR count). The topological polar surface area (TPSA) is 20.3 Å². The molecule has 0 aliphatic heterocycles. The van der Waals surface area contributed by atoms with Crippen molar-refractivity contribution < 1.29 is 0 Å². The Bertz CT molecular complexity index is 672. The molecule has 0 bridgehead atoms. The van der Waals surface area contributed by atoms with Crippen molar-refractivity contribution in [3.63, 3.8) is 0 Å². The highest BCUT2D eigenvalue weighted by Gasteiger charge is 2.21. The maximum atomic E-state index is 12.9. The molecule has 0 saturated carbocycles. The van der Waals surface area contributed by atoms with Crippen LogP contribution in [0.25, 0.3) is 10.1 Å². The van der Waals surface area contributed by atoms with Gasteiger partial charge in [0.1, 0.15) is 0 Å². The molecule has 2 nitrogen and oxygen atoms in total. The third kappa shape index (κ3) is 3.24. The van der Waals surface area contributed by atoms with Crippen LogP contribution in [0.15, 0.2) is 28.4 Å². The zero-order valence-corrected chi connectivity index (χ0v) is 14.6. The second kappa shape index (κ2) is 6.80. The van der Waals surface area contributed by atoms with Crippen molar-refractivity contribution in [3.05, 3.63) is 38.8 Å². The summed E-state index contributed by atoms with van der Waals surface area (Å²) in [6.07, 6.45) is 2.03. The van der Waals surface area contributed by atoms with Crippen LogP contribution in [0.1, 0.15) is 40.5 Å². The minimum Gasteiger partial charge on any atom is -0.362 e. The average molecular weight is 324 g/mol. The molecular formula is C17H22ClNOS. The lowest BCUT2D eigenvalue weighted by Crippen LogP contribution is -2.42. The van der Waals surface area contributed by atoms with Crippen LogP contribution in [0.4, 0.5) is 5.69 Å². The van der Waals surface area contributed by atoms with E-state index in [1.807, 2.05) is 17.5 Å². The van der Waals surface area contributed by atoms with Gasteiger partial charge >= 0.3 is 0 Å². The van der Waals surface area contributed by atoms with Crippen molar-refractivity contribution >= 4 is 38.7 Å². The molecule has 114 valence electrons. The molecule has 2 atom stereocenters. The first-order chi connectivity index (χ1) is 9.99. The number of hydrogen-bond donors (Lipinski definition) is 0. The predicted molar refractivity (Wildman–Crippen MR) is 95.1 cm³/mol. The van der Waals surface area contributed by atoms with Gasteiger partial charge in [-0.15, -0.1) is 11.3 Å². The molecule has 0 spiro atoms. The van der Waals surface area contributed by atoms with Crippen LogP contribution in [0.5, 0.6) is 0 Å². The van der Waals surface area contributed by atoms with Crippen LogP contribution in [-0.4, -0.2) is 12.1 Å². The molecule has 0 radical (unpaired) electrons. The number of halogens is 1. The molecule has 21 heavy (non-hydrogen) atoms. The number of benzene rings is 1. The minimum absolute atomic E-state index is 0.0897. The maximum Gasteiger partial charge on any atom is 0.211 e. The van der Waals surface area contributed by atoms with E-state index in [0.717, 1.165) is 28.6 Å². The average Bonchev–Trinajstić information content (AvgIpc) is 2.49. The van der Waals surface area contributed by atoms with Crippen molar-refractivity contribution in [1.29, 1.82) is 0 Å². The number of anilines is 1. The van der Waals surface area contributed by atoms with E-state index >= 15 is 0 Å². The van der Waals surface area contributed by atoms with E-state index in [0.29, 0.717) is 17.1 Å². The SMILES string of the molecule is CCC(C)N(c1csc2ccc(Cl)cc2c1=O)C(C)CC. The van der Waals surface area contributed by atoms with Gasteiger partial charge in [-0.3, -0.25) is 4.79 Å². The van der Waals surface area contributed by atoms with Gasteiger partial charge < -0.3 is 4.90 Å². The summed E-state index contributed by atoms with van der Waals surface area (Å²) in [5.41, 5.74) is 0.894. The van der Waals surface area contributed by atoms with E-state index in [2.05, 4.69) is 32.6 Å². The molecule has 0 amide bonds. The van der Waals surface area contributed by atoms with Gasteiger partial charge in [0.25, 0.3) is 0 Å². The van der Waals surface area contributed by atoms with Crippen molar-refractivity contribution in [1.82, 2.24) is 0 Å². The summed E-state index contributed by atoms with van der Waals surface area (Å²) < 4.78 is 0.987. The Balaban J connectivity index is 2.63. The summed E-state index contributed by atoms with van der Waals surface area (Å²) in [5.74, 6) is 0. The summed E-state index contributed by atoms with van der Waals surface area (Å²) in [5, 5.41) is 3.33. The lowest BCUT2D eigenvalue weighted by atomic mass is 10.1. The summed E-state index contributed by atoms with van der Waals surface area (Å²) >= 11 is 7.66. The number of nitrogens with zero attached hydrogens (tertiary/aromatic N) is 1. The van der Waals surface area contributed by atoms with Crippen LogP contribution in [0, 0.1) is 0 Å². The molecule has 0 fully saturated rings. The lowest BCUT2D eigenvalue weighted by Gasteiger charge is -2.35. The van der Waals surface area contributed by atoms with E-state index in [1.54, 1.807) is 17.4 Å². The monoisotopic (exact) mass is 323 g/mol. The van der Waals surface area contributed by atoms with Crippen LogP contribution < -0.4 is 10.3 Å². The first kappa shape index (κ1) is 16.3. The fourth-order valence-corrected chi connectivity index (χ4v) is 3.64. The van der Waals surface area contributed by atoms with E-state index in [9.17, 15) is 4.79 Å². The van der Waals surface area contributed by atoms with E-state index in [4.69, 9.17) is 11.6 Å². The molecule has 0 saturated heterocycles. The standard InChI is InChI=1S/C17H22ClNOS/c1-5-11(3)19(12(4)6-2)15-10-21-16-8-7-13(18)9-14(16)17(15)20/h7-12H,5-6H2,1-4H3. The van der Waals surface area contributed by atoms with Crippen molar-refractivity contribution in [2.45, 2.75) is 52.6 Å². The van der Waals surface area contributed by atoms with Gasteiger partial charge in [0.05, 0.1) is 5.69 Å². The van der Waals surface area contributed by atoms with Gasteiger partial charge in [-0.1, -0.05) is 25.4 Å². The lowest BCUT2D eigenvalue weighted by molar-refractivity contribution is 0.527. The second-order valence-corrected chi connectivity index (χ2v) is 6.86. The van der Waals surface area contributed by atoms with Gasteiger partial charge in [0.15, 0.2) is 0 Å². The second-order valence-electron chi connectivity index (χ2n) is 5.51. The minimum atomic E-state index is 0.0897. The number of fused-ring (bicyclic) bond motifs is 1. The molecule has 0 aliphatic rings. The van der Waals surface area contributed by atoms with E-state index in [1.165, 1.54) is 0 Å². The predicted octanol–water partition coefficient (Wildman–Crippen LogP) is 5.32. The first-order valence-corrected chi connectivity index (χ1v) is 8.74. The number of hydrogen-bond acceptors (Lipinski definition) is 3. The Hall–Kier alpha value is -1.06. The van der Waals surface area contributed by atoms with E-state index < -0.39 is 0 Å². The summed E-state index contributed by atoms with van der Waals surface area (Å²) in [6, 6.07) is 6.23. The zero-order chi connectivity index (χ0) is 15.6. The molecule has 1 aromatic heterocycles. The third-order valence-electron chi connectivity index (χ3n) is 4.13. The Morgan fingerprint density at radius 3 is 2.38 bits per heavy atom. The Labute approximate surface area is 135 Å². The van der Waals surface area contributed by atoms with Gasteiger partial charge in [-0.05, 0) is 44.9 Å². The molecule has 4 heteroatoms. The highest BCUT2D eigenvalue weighted by Crippen LogP contribution is 2.27. The van der Waals surface area contributed by atoms with Crippen LogP contribution in [-0.2, 0) is 0 Å². The van der Waals surface area contributed by atoms with Crippen molar-refractivity contribution in [2.75, 3.05) is 4.90 Å². The Morgan fingerprint density at radius 2 is 1.81 bits per heavy atom. The van der Waals surface area contributed by atoms with Crippen LogP contribution >= 0.6 is 22.9 Å². The summed E-state index contributed by atoms with van der Waals surface area (Å²) in [6.45, 7) is 8.68. The third-order valence-corrected chi connectivity index (χ3v) is 5.31. The van der Waals surface area contributed by atoms with Gasteiger partial charge in [0, 0.05) is 32.6 Å². The quantitative estimate of drug-likeness (QED) is 0.742. The zero-order valence-electron chi connectivity index (χ0n) is 13.0. The maximum absolute atomic E-state index is 12.9. The molecule has 2 aromatic rings. The van der Waals surface area contributed by atoms with Gasteiger partial charge in [0.2, 0.25) is 5.43 Å². The highest BCUT2D eigenvalue weighted by molar-refractivity contribution is 7.16. The van der Waals surface area contributed by atoms with Gasteiger partial charge in [-0.25, -0.2) is 0 Å². The number of rotatable bonds is 5. The van der Waals surface area contributed by atoms with Crippen molar-refractivity contribution in [2.24, 2.45) is 0 Å². The molecule has 1 aromatic carbocycles. The molecular weight excluding hydrogens is 302 g/mol. The van der Waals surface area contributed by atoms with Crippen LogP contribution in [0.2, 0.25) is 5.02 Å². The summed E-state index contributed by atoms with van der Waals surface area (Å²) in [4.78, 5) is 15.1. The molecule has 0 N–H and O–H groups in total. The van der Waals surface area contributed by atoms with E-state index in [-0.39, 0.29) is 5.43 Å². The molecule has 1 heterocycles. The first-order valence-electron chi connectivity index (χ1n) is 7.49. The van der Waals surface area contributed by atoms with Gasteiger partial charge in [-0.2, -0.15) is 0 Å². The fraction of sp³-hybridized carbons (Fsp3) is 0.471. The highest BCUT2D eigenvalue weighted by atomic mass is 35.5. The molecule has 2 unspecified atom stereocenters.